The van der Waals surface area contributed by atoms with Gasteiger partial charge in [-0.05, 0) is 30.2 Å². The van der Waals surface area contributed by atoms with Gasteiger partial charge in [-0.15, -0.1) is 0 Å². The Hall–Kier alpha value is -1.38. The molecule has 0 saturated carbocycles. The van der Waals surface area contributed by atoms with Crippen LogP contribution in [0.2, 0.25) is 5.15 Å². The first-order valence-corrected chi connectivity index (χ1v) is 6.02. The third kappa shape index (κ3) is 3.55. The van der Waals surface area contributed by atoms with Crippen molar-refractivity contribution in [3.63, 3.8) is 0 Å². The van der Waals surface area contributed by atoms with Gasteiger partial charge in [-0.1, -0.05) is 41.9 Å². The lowest BCUT2D eigenvalue weighted by molar-refractivity contribution is 0.574. The maximum Gasteiger partial charge on any atom is 0.129 e. The Bertz CT molecular complexity index is 471. The molecule has 0 aliphatic rings. The van der Waals surface area contributed by atoms with Gasteiger partial charge in [-0.2, -0.15) is 0 Å². The predicted molar refractivity (Wildman–Crippen MR) is 70.9 cm³/mol. The molecule has 0 aliphatic carbocycles. The number of hydrogen-bond donors (Lipinski definition) is 1. The monoisotopic (exact) mass is 246 g/mol. The fraction of sp³-hybridized carbons (Fsp3) is 0.214. The minimum atomic E-state index is 0.322. The van der Waals surface area contributed by atoms with Gasteiger partial charge in [0.15, 0.2) is 0 Å². The molecular weight excluding hydrogens is 232 g/mol. The van der Waals surface area contributed by atoms with Crippen LogP contribution in [-0.2, 0) is 6.54 Å². The molecule has 1 atom stereocenters. The van der Waals surface area contributed by atoms with E-state index >= 15 is 0 Å². The molecule has 2 nitrogen and oxygen atoms in total. The van der Waals surface area contributed by atoms with E-state index in [4.69, 9.17) is 11.6 Å². The summed E-state index contributed by atoms with van der Waals surface area (Å²) in [6, 6.07) is 14.5. The highest BCUT2D eigenvalue weighted by atomic mass is 35.5. The summed E-state index contributed by atoms with van der Waals surface area (Å²) >= 11 is 5.84. The van der Waals surface area contributed by atoms with E-state index in [1.54, 1.807) is 6.20 Å². The van der Waals surface area contributed by atoms with Crippen LogP contribution in [0.1, 0.15) is 24.1 Å². The Morgan fingerprint density at radius 3 is 2.71 bits per heavy atom. The van der Waals surface area contributed by atoms with E-state index < -0.39 is 0 Å². The lowest BCUT2D eigenvalue weighted by Crippen LogP contribution is -2.17. The zero-order valence-corrected chi connectivity index (χ0v) is 10.5. The number of rotatable bonds is 4. The van der Waals surface area contributed by atoms with Crippen molar-refractivity contribution in [2.45, 2.75) is 19.5 Å². The second-order valence-corrected chi connectivity index (χ2v) is 4.39. The third-order valence-electron chi connectivity index (χ3n) is 2.70. The van der Waals surface area contributed by atoms with E-state index in [-0.39, 0.29) is 0 Å². The van der Waals surface area contributed by atoms with Crippen LogP contribution < -0.4 is 5.32 Å². The van der Waals surface area contributed by atoms with Gasteiger partial charge in [0.05, 0.1) is 0 Å². The first-order valence-electron chi connectivity index (χ1n) is 5.64. The quantitative estimate of drug-likeness (QED) is 0.834. The highest BCUT2D eigenvalue weighted by molar-refractivity contribution is 6.29. The van der Waals surface area contributed by atoms with Crippen molar-refractivity contribution in [3.05, 3.63) is 64.9 Å². The fourth-order valence-electron chi connectivity index (χ4n) is 1.68. The molecule has 3 heteroatoms. The molecule has 2 rings (SSSR count). The molecule has 0 aliphatic heterocycles. The largest absolute Gasteiger partial charge is 0.306 e. The van der Waals surface area contributed by atoms with Crippen LogP contribution in [0.3, 0.4) is 0 Å². The molecule has 1 N–H and O–H groups in total. The third-order valence-corrected chi connectivity index (χ3v) is 2.91. The molecule has 0 radical (unpaired) electrons. The number of nitrogens with zero attached hydrogens (tertiary/aromatic N) is 1. The van der Waals surface area contributed by atoms with Crippen molar-refractivity contribution in [2.24, 2.45) is 0 Å². The van der Waals surface area contributed by atoms with Crippen molar-refractivity contribution >= 4 is 11.6 Å². The van der Waals surface area contributed by atoms with Crippen molar-refractivity contribution in [3.8, 4) is 0 Å². The maximum atomic E-state index is 5.84. The van der Waals surface area contributed by atoms with Gasteiger partial charge < -0.3 is 5.32 Å². The van der Waals surface area contributed by atoms with Gasteiger partial charge in [-0.3, -0.25) is 0 Å². The summed E-state index contributed by atoms with van der Waals surface area (Å²) in [7, 11) is 0. The highest BCUT2D eigenvalue weighted by Gasteiger charge is 2.03. The molecule has 17 heavy (non-hydrogen) atoms. The summed E-state index contributed by atoms with van der Waals surface area (Å²) in [5.74, 6) is 0. The second kappa shape index (κ2) is 5.80. The molecule has 2 aromatic rings. The standard InChI is InChI=1S/C14H15ClN2/c1-11(13-5-3-2-4-6-13)17-10-12-7-8-16-14(15)9-12/h2-9,11,17H,10H2,1H3. The van der Waals surface area contributed by atoms with Gasteiger partial charge >= 0.3 is 0 Å². The summed E-state index contributed by atoms with van der Waals surface area (Å²) in [6.45, 7) is 2.94. The summed E-state index contributed by atoms with van der Waals surface area (Å²) in [4.78, 5) is 3.96. The van der Waals surface area contributed by atoms with Gasteiger partial charge in [0.1, 0.15) is 5.15 Å². The number of aromatic nitrogens is 1. The van der Waals surface area contributed by atoms with Gasteiger partial charge in [0, 0.05) is 18.8 Å². The first-order chi connectivity index (χ1) is 8.25. The van der Waals surface area contributed by atoms with Crippen LogP contribution in [0, 0.1) is 0 Å². The molecule has 1 unspecified atom stereocenters. The van der Waals surface area contributed by atoms with Crippen LogP contribution in [0.5, 0.6) is 0 Å². The molecule has 0 amide bonds. The molecule has 0 saturated heterocycles. The average Bonchev–Trinajstić information content (AvgIpc) is 2.37. The zero-order valence-electron chi connectivity index (χ0n) is 9.73. The summed E-state index contributed by atoms with van der Waals surface area (Å²) < 4.78 is 0. The van der Waals surface area contributed by atoms with Crippen LogP contribution in [0.15, 0.2) is 48.7 Å². The molecule has 0 bridgehead atoms. The van der Waals surface area contributed by atoms with Crippen molar-refractivity contribution in [1.82, 2.24) is 10.3 Å². The van der Waals surface area contributed by atoms with Crippen molar-refractivity contribution in [2.75, 3.05) is 0 Å². The average molecular weight is 247 g/mol. The van der Waals surface area contributed by atoms with E-state index in [1.807, 2.05) is 18.2 Å². The van der Waals surface area contributed by atoms with E-state index in [0.29, 0.717) is 11.2 Å². The number of hydrogen-bond acceptors (Lipinski definition) is 2. The van der Waals surface area contributed by atoms with Gasteiger partial charge in [0.25, 0.3) is 0 Å². The minimum Gasteiger partial charge on any atom is -0.306 e. The number of nitrogens with one attached hydrogen (secondary N) is 1. The number of pyridine rings is 1. The smallest absolute Gasteiger partial charge is 0.129 e. The van der Waals surface area contributed by atoms with Crippen molar-refractivity contribution in [1.29, 1.82) is 0 Å². The molecule has 1 aromatic carbocycles. The SMILES string of the molecule is CC(NCc1ccnc(Cl)c1)c1ccccc1. The Morgan fingerprint density at radius 2 is 2.00 bits per heavy atom. The normalized spacial score (nSPS) is 12.4. The summed E-state index contributed by atoms with van der Waals surface area (Å²) in [5.41, 5.74) is 2.43. The van der Waals surface area contributed by atoms with E-state index in [9.17, 15) is 0 Å². The Balaban J connectivity index is 1.95. The number of benzene rings is 1. The Morgan fingerprint density at radius 1 is 1.24 bits per heavy atom. The van der Waals surface area contributed by atoms with Crippen LogP contribution >= 0.6 is 11.6 Å². The van der Waals surface area contributed by atoms with Crippen LogP contribution in [0.25, 0.3) is 0 Å². The zero-order chi connectivity index (χ0) is 12.1. The lowest BCUT2D eigenvalue weighted by atomic mass is 10.1. The summed E-state index contributed by atoms with van der Waals surface area (Å²) in [5, 5.41) is 3.99. The van der Waals surface area contributed by atoms with E-state index in [1.165, 1.54) is 5.56 Å². The fourth-order valence-corrected chi connectivity index (χ4v) is 1.88. The van der Waals surface area contributed by atoms with Crippen molar-refractivity contribution < 1.29 is 0 Å². The lowest BCUT2D eigenvalue weighted by Gasteiger charge is -2.14. The predicted octanol–water partition coefficient (Wildman–Crippen LogP) is 3.59. The molecule has 88 valence electrons. The molecule has 0 spiro atoms. The molecule has 1 aromatic heterocycles. The first kappa shape index (κ1) is 12.1. The van der Waals surface area contributed by atoms with Crippen LogP contribution in [0.4, 0.5) is 0 Å². The minimum absolute atomic E-state index is 0.322. The Labute approximate surface area is 107 Å². The second-order valence-electron chi connectivity index (χ2n) is 4.00. The molecule has 1 heterocycles. The van der Waals surface area contributed by atoms with Gasteiger partial charge in [-0.25, -0.2) is 4.98 Å². The van der Waals surface area contributed by atoms with Gasteiger partial charge in [0.2, 0.25) is 0 Å². The molecule has 0 fully saturated rings. The van der Waals surface area contributed by atoms with E-state index in [2.05, 4.69) is 41.5 Å². The topological polar surface area (TPSA) is 24.9 Å². The van der Waals surface area contributed by atoms with E-state index in [0.717, 1.165) is 12.1 Å². The van der Waals surface area contributed by atoms with Crippen LogP contribution in [-0.4, -0.2) is 4.98 Å². The summed E-state index contributed by atoms with van der Waals surface area (Å²) in [6.07, 6.45) is 1.73. The molecular formula is C14H15ClN2. The highest BCUT2D eigenvalue weighted by Crippen LogP contribution is 2.13. The Kier molecular flexibility index (Phi) is 4.13. The number of halogens is 1. The maximum absolute atomic E-state index is 5.84.